The number of piperidine rings is 1. The van der Waals surface area contributed by atoms with Gasteiger partial charge in [-0.05, 0) is 60.3 Å². The summed E-state index contributed by atoms with van der Waals surface area (Å²) in [6.45, 7) is 3.03. The summed E-state index contributed by atoms with van der Waals surface area (Å²) in [6, 6.07) is 16.4. The molecule has 1 aliphatic heterocycles. The van der Waals surface area contributed by atoms with Crippen LogP contribution in [-0.2, 0) is 14.3 Å². The first-order chi connectivity index (χ1) is 16.9. The Balaban J connectivity index is 1.08. The van der Waals surface area contributed by atoms with Crippen LogP contribution in [0.4, 0.5) is 4.79 Å². The molecule has 1 heterocycles. The quantitative estimate of drug-likeness (QED) is 0.551. The van der Waals surface area contributed by atoms with Gasteiger partial charge in [-0.2, -0.15) is 0 Å². The van der Waals surface area contributed by atoms with Gasteiger partial charge in [0.2, 0.25) is 5.91 Å². The molecule has 2 amide bonds. The molecule has 0 bridgehead atoms. The van der Waals surface area contributed by atoms with Crippen molar-refractivity contribution in [1.82, 2.24) is 10.2 Å². The summed E-state index contributed by atoms with van der Waals surface area (Å²) in [5.74, 6) is -1.13. The number of aliphatic carboxylic acids is 1. The Labute approximate surface area is 205 Å². The fourth-order valence-electron chi connectivity index (χ4n) is 6.01. The van der Waals surface area contributed by atoms with Crippen molar-refractivity contribution < 1.29 is 24.2 Å². The number of carboxylic acids is 1. The molecular weight excluding hydrogens is 444 g/mol. The maximum absolute atomic E-state index is 13.0. The highest BCUT2D eigenvalue weighted by Gasteiger charge is 2.66. The van der Waals surface area contributed by atoms with E-state index in [1.807, 2.05) is 31.2 Å². The lowest BCUT2D eigenvalue weighted by molar-refractivity contribution is -0.156. The van der Waals surface area contributed by atoms with Gasteiger partial charge < -0.3 is 20.1 Å². The number of amides is 2. The number of fused-ring (bicyclic) bond motifs is 4. The molecule has 2 aromatic carbocycles. The molecule has 3 aliphatic rings. The van der Waals surface area contributed by atoms with E-state index >= 15 is 0 Å². The predicted octanol–water partition coefficient (Wildman–Crippen LogP) is 4.41. The molecule has 3 atom stereocenters. The van der Waals surface area contributed by atoms with Crippen LogP contribution in [0.1, 0.15) is 56.1 Å². The standard InChI is InChI=1S/C28H32N2O5/c1-18(25(31)30-15-7-9-19-16-28(19,30)26(32)33)8-6-14-29-27(34)35-17-24-22-12-4-2-10-20(22)21-11-3-5-13-23(21)24/h2-5,10-13,18-19,24H,6-9,14-17H2,1H3,(H,29,34)(H,32,33)/t18?,19-,28+/m0/s1. The molecule has 1 saturated carbocycles. The highest BCUT2D eigenvalue weighted by Crippen LogP contribution is 2.54. The second-order valence-electron chi connectivity index (χ2n) is 10.1. The monoisotopic (exact) mass is 476 g/mol. The van der Waals surface area contributed by atoms with Crippen LogP contribution in [0.2, 0.25) is 0 Å². The first kappa shape index (κ1) is 23.4. The lowest BCUT2D eigenvalue weighted by atomic mass is 9.97. The number of alkyl carbamates (subject to hydrolysis) is 1. The van der Waals surface area contributed by atoms with E-state index in [2.05, 4.69) is 29.6 Å². The lowest BCUT2D eigenvalue weighted by Crippen LogP contribution is -2.52. The van der Waals surface area contributed by atoms with Crippen molar-refractivity contribution >= 4 is 18.0 Å². The first-order valence-electron chi connectivity index (χ1n) is 12.6. The first-order valence-corrected chi connectivity index (χ1v) is 12.6. The maximum Gasteiger partial charge on any atom is 0.407 e. The highest BCUT2D eigenvalue weighted by molar-refractivity contribution is 5.91. The van der Waals surface area contributed by atoms with Crippen LogP contribution in [0.25, 0.3) is 11.1 Å². The summed E-state index contributed by atoms with van der Waals surface area (Å²) < 4.78 is 5.56. The van der Waals surface area contributed by atoms with Crippen LogP contribution in [0.3, 0.4) is 0 Å². The number of likely N-dealkylation sites (tertiary alicyclic amines) is 1. The number of hydrogen-bond acceptors (Lipinski definition) is 4. The van der Waals surface area contributed by atoms with E-state index in [0.717, 1.165) is 12.8 Å². The molecule has 2 N–H and O–H groups in total. The third kappa shape index (κ3) is 4.17. The fourth-order valence-corrected chi connectivity index (χ4v) is 6.01. The Morgan fingerprint density at radius 3 is 2.43 bits per heavy atom. The number of carbonyl (C=O) groups excluding carboxylic acids is 2. The van der Waals surface area contributed by atoms with Crippen LogP contribution in [0.15, 0.2) is 48.5 Å². The molecular formula is C28H32N2O5. The molecule has 35 heavy (non-hydrogen) atoms. The van der Waals surface area contributed by atoms with Crippen LogP contribution in [-0.4, -0.2) is 53.2 Å². The number of carboxylic acid groups (broad SMARTS) is 1. The van der Waals surface area contributed by atoms with Crippen LogP contribution < -0.4 is 5.32 Å². The van der Waals surface area contributed by atoms with Crippen molar-refractivity contribution in [2.75, 3.05) is 19.7 Å². The van der Waals surface area contributed by atoms with Crippen molar-refractivity contribution in [3.63, 3.8) is 0 Å². The van der Waals surface area contributed by atoms with Crippen molar-refractivity contribution in [1.29, 1.82) is 0 Å². The molecule has 2 aromatic rings. The van der Waals surface area contributed by atoms with Gasteiger partial charge in [-0.15, -0.1) is 0 Å². The second-order valence-corrected chi connectivity index (χ2v) is 10.1. The summed E-state index contributed by atoms with van der Waals surface area (Å²) in [4.78, 5) is 38.7. The predicted molar refractivity (Wildman–Crippen MR) is 131 cm³/mol. The van der Waals surface area contributed by atoms with Gasteiger partial charge in [0, 0.05) is 24.9 Å². The third-order valence-corrected chi connectivity index (χ3v) is 7.97. The molecule has 0 spiro atoms. The van der Waals surface area contributed by atoms with Crippen molar-refractivity contribution in [3.05, 3.63) is 59.7 Å². The lowest BCUT2D eigenvalue weighted by Gasteiger charge is -2.35. The zero-order valence-corrected chi connectivity index (χ0v) is 20.0. The number of hydrogen-bond donors (Lipinski definition) is 2. The third-order valence-electron chi connectivity index (χ3n) is 7.97. The molecule has 2 fully saturated rings. The summed E-state index contributed by atoms with van der Waals surface area (Å²) in [5.41, 5.74) is 3.74. The van der Waals surface area contributed by atoms with Crippen LogP contribution >= 0.6 is 0 Å². The minimum Gasteiger partial charge on any atom is -0.479 e. The van der Waals surface area contributed by atoms with Gasteiger partial charge in [0.25, 0.3) is 0 Å². The van der Waals surface area contributed by atoms with E-state index in [4.69, 9.17) is 4.74 Å². The summed E-state index contributed by atoms with van der Waals surface area (Å²) in [6.07, 6.45) is 3.06. The molecule has 0 radical (unpaired) electrons. The van der Waals surface area contributed by atoms with E-state index in [-0.39, 0.29) is 30.3 Å². The van der Waals surface area contributed by atoms with Gasteiger partial charge in [0.1, 0.15) is 12.1 Å². The second kappa shape index (κ2) is 9.36. The summed E-state index contributed by atoms with van der Waals surface area (Å²) in [7, 11) is 0. The molecule has 5 rings (SSSR count). The van der Waals surface area contributed by atoms with Gasteiger partial charge in [-0.3, -0.25) is 4.79 Å². The Morgan fingerprint density at radius 2 is 1.77 bits per heavy atom. The Hall–Kier alpha value is -3.35. The number of nitrogens with one attached hydrogen (secondary N) is 1. The zero-order valence-electron chi connectivity index (χ0n) is 20.0. The average Bonchev–Trinajstić information content (AvgIpc) is 3.56. The molecule has 1 unspecified atom stereocenters. The Morgan fingerprint density at radius 1 is 1.11 bits per heavy atom. The smallest absolute Gasteiger partial charge is 0.407 e. The molecule has 184 valence electrons. The largest absolute Gasteiger partial charge is 0.479 e. The molecule has 7 nitrogen and oxygen atoms in total. The number of rotatable bonds is 8. The normalized spacial score (nSPS) is 23.0. The van der Waals surface area contributed by atoms with Gasteiger partial charge in [0.05, 0.1) is 0 Å². The van der Waals surface area contributed by atoms with Gasteiger partial charge in [0.15, 0.2) is 0 Å². The van der Waals surface area contributed by atoms with E-state index in [0.29, 0.717) is 32.4 Å². The average molecular weight is 477 g/mol. The minimum atomic E-state index is -0.969. The minimum absolute atomic E-state index is 0.0168. The van der Waals surface area contributed by atoms with Crippen molar-refractivity contribution in [2.45, 2.75) is 50.5 Å². The highest BCUT2D eigenvalue weighted by atomic mass is 16.5. The van der Waals surface area contributed by atoms with Crippen LogP contribution in [0.5, 0.6) is 0 Å². The van der Waals surface area contributed by atoms with Crippen molar-refractivity contribution in [3.8, 4) is 11.1 Å². The van der Waals surface area contributed by atoms with E-state index < -0.39 is 17.6 Å². The molecule has 2 aliphatic carbocycles. The van der Waals surface area contributed by atoms with E-state index in [1.54, 1.807) is 4.90 Å². The van der Waals surface area contributed by atoms with E-state index in [1.165, 1.54) is 22.3 Å². The van der Waals surface area contributed by atoms with Crippen LogP contribution in [0, 0.1) is 11.8 Å². The summed E-state index contributed by atoms with van der Waals surface area (Å²) in [5, 5.41) is 12.5. The summed E-state index contributed by atoms with van der Waals surface area (Å²) >= 11 is 0. The number of nitrogens with zero attached hydrogens (tertiary/aromatic N) is 1. The van der Waals surface area contributed by atoms with Gasteiger partial charge in [-0.1, -0.05) is 55.5 Å². The molecule has 0 aromatic heterocycles. The number of carbonyl (C=O) groups is 3. The topological polar surface area (TPSA) is 95.9 Å². The number of benzene rings is 2. The molecule has 7 heteroatoms. The van der Waals surface area contributed by atoms with E-state index in [9.17, 15) is 19.5 Å². The fraction of sp³-hybridized carbons (Fsp3) is 0.464. The van der Waals surface area contributed by atoms with Gasteiger partial charge >= 0.3 is 12.1 Å². The van der Waals surface area contributed by atoms with Gasteiger partial charge in [-0.25, -0.2) is 9.59 Å². The number of ether oxygens (including phenoxy) is 1. The SMILES string of the molecule is CC(CCCNC(=O)OCC1c2ccccc2-c2ccccc21)C(=O)N1CCC[C@H]2C[C@]21C(=O)O. The molecule has 1 saturated heterocycles. The Bertz CT molecular complexity index is 1100. The Kier molecular flexibility index (Phi) is 6.26. The van der Waals surface area contributed by atoms with Crippen molar-refractivity contribution in [2.24, 2.45) is 11.8 Å². The maximum atomic E-state index is 13.0. The zero-order chi connectivity index (χ0) is 24.6.